The molecule has 0 bridgehead atoms. The molecule has 2 aliphatic heterocycles. The number of hydrogen-bond acceptors (Lipinski definition) is 4. The number of nitrogens with one attached hydrogen (secondary N) is 1. The van der Waals surface area contributed by atoms with Crippen LogP contribution in [-0.2, 0) is 9.59 Å². The number of likely N-dealkylation sites (tertiary alicyclic amines) is 1. The fourth-order valence-corrected chi connectivity index (χ4v) is 4.11. The number of carbonyl (C=O) groups excluding carboxylic acids is 2. The van der Waals surface area contributed by atoms with Crippen LogP contribution in [0.2, 0.25) is 10.0 Å². The fourth-order valence-electron chi connectivity index (χ4n) is 3.58. The molecule has 2 amide bonds. The maximum Gasteiger partial charge on any atom is 0.239 e. The molecule has 2 heterocycles. The molecule has 0 aliphatic carbocycles. The van der Waals surface area contributed by atoms with Gasteiger partial charge in [-0.25, -0.2) is 0 Å². The summed E-state index contributed by atoms with van der Waals surface area (Å²) in [6.07, 6.45) is 3.23. The third-order valence-corrected chi connectivity index (χ3v) is 5.48. The van der Waals surface area contributed by atoms with Crippen LogP contribution in [0.1, 0.15) is 25.7 Å². The van der Waals surface area contributed by atoms with Gasteiger partial charge in [-0.2, -0.15) is 0 Å². The van der Waals surface area contributed by atoms with Crippen molar-refractivity contribution in [2.24, 2.45) is 5.73 Å². The summed E-state index contributed by atoms with van der Waals surface area (Å²) < 4.78 is 0. The van der Waals surface area contributed by atoms with E-state index in [1.165, 1.54) is 0 Å². The molecule has 3 rings (SSSR count). The Labute approximate surface area is 163 Å². The Kier molecular flexibility index (Phi) is 6.27. The van der Waals surface area contributed by atoms with Gasteiger partial charge in [-0.15, -0.1) is 0 Å². The lowest BCUT2D eigenvalue weighted by molar-refractivity contribution is -0.129. The highest BCUT2D eigenvalue weighted by Gasteiger charge is 2.28. The van der Waals surface area contributed by atoms with Gasteiger partial charge in [-0.3, -0.25) is 9.59 Å². The lowest BCUT2D eigenvalue weighted by Crippen LogP contribution is -2.54. The molecule has 142 valence electrons. The summed E-state index contributed by atoms with van der Waals surface area (Å²) >= 11 is 12.3. The lowest BCUT2D eigenvalue weighted by Gasteiger charge is -2.35. The zero-order valence-corrected chi connectivity index (χ0v) is 16.1. The van der Waals surface area contributed by atoms with Crippen molar-refractivity contribution in [3.63, 3.8) is 0 Å². The first-order valence-electron chi connectivity index (χ1n) is 8.98. The van der Waals surface area contributed by atoms with E-state index in [4.69, 9.17) is 28.9 Å². The van der Waals surface area contributed by atoms with E-state index in [2.05, 4.69) is 10.2 Å². The molecule has 2 saturated heterocycles. The van der Waals surface area contributed by atoms with Gasteiger partial charge in [0.2, 0.25) is 11.8 Å². The summed E-state index contributed by atoms with van der Waals surface area (Å²) in [5.74, 6) is -0.131. The molecular formula is C18H24Cl2N4O2. The second kappa shape index (κ2) is 8.46. The molecule has 3 N–H and O–H groups in total. The summed E-state index contributed by atoms with van der Waals surface area (Å²) in [5.41, 5.74) is 6.93. The maximum atomic E-state index is 12.4. The highest BCUT2D eigenvalue weighted by molar-refractivity contribution is 6.36. The molecular weight excluding hydrogens is 375 g/mol. The average molecular weight is 399 g/mol. The molecule has 0 radical (unpaired) electrons. The van der Waals surface area contributed by atoms with Gasteiger partial charge >= 0.3 is 0 Å². The summed E-state index contributed by atoms with van der Waals surface area (Å²) in [5, 5.41) is 4.23. The Morgan fingerprint density at radius 1 is 1.31 bits per heavy atom. The van der Waals surface area contributed by atoms with Crippen LogP contribution in [0.25, 0.3) is 0 Å². The van der Waals surface area contributed by atoms with Crippen molar-refractivity contribution < 1.29 is 9.59 Å². The number of nitrogens with zero attached hydrogens (tertiary/aromatic N) is 2. The van der Waals surface area contributed by atoms with Crippen LogP contribution >= 0.6 is 23.2 Å². The number of rotatable bonds is 5. The van der Waals surface area contributed by atoms with E-state index >= 15 is 0 Å². The molecule has 0 spiro atoms. The Hall–Kier alpha value is -1.50. The Balaban J connectivity index is 1.55. The molecule has 2 aliphatic rings. The van der Waals surface area contributed by atoms with Gasteiger partial charge in [-0.05, 0) is 37.5 Å². The summed E-state index contributed by atoms with van der Waals surface area (Å²) in [7, 11) is 0. The maximum absolute atomic E-state index is 12.4. The van der Waals surface area contributed by atoms with E-state index in [0.29, 0.717) is 29.6 Å². The van der Waals surface area contributed by atoms with Crippen LogP contribution in [-0.4, -0.2) is 55.0 Å². The molecule has 1 aromatic carbocycles. The van der Waals surface area contributed by atoms with E-state index < -0.39 is 6.04 Å². The fraction of sp³-hybridized carbons (Fsp3) is 0.556. The Morgan fingerprint density at radius 3 is 2.81 bits per heavy atom. The van der Waals surface area contributed by atoms with E-state index in [1.54, 1.807) is 11.0 Å². The van der Waals surface area contributed by atoms with Crippen LogP contribution in [0.4, 0.5) is 5.69 Å². The highest BCUT2D eigenvalue weighted by Crippen LogP contribution is 2.30. The molecule has 26 heavy (non-hydrogen) atoms. The van der Waals surface area contributed by atoms with Gasteiger partial charge in [0.1, 0.15) is 6.04 Å². The van der Waals surface area contributed by atoms with Crippen LogP contribution in [0, 0.1) is 0 Å². The number of halogens is 2. The highest BCUT2D eigenvalue weighted by atomic mass is 35.5. The quantitative estimate of drug-likeness (QED) is 0.794. The number of anilines is 1. The third kappa shape index (κ3) is 4.61. The minimum Gasteiger partial charge on any atom is -0.368 e. The summed E-state index contributed by atoms with van der Waals surface area (Å²) in [4.78, 5) is 27.9. The molecule has 0 saturated carbocycles. The molecule has 6 nitrogen and oxygen atoms in total. The molecule has 8 heteroatoms. The number of amides is 2. The smallest absolute Gasteiger partial charge is 0.239 e. The normalized spacial score (nSPS) is 21.8. The number of carbonyl (C=O) groups is 2. The van der Waals surface area contributed by atoms with Crippen LogP contribution in [0.3, 0.4) is 0 Å². The summed E-state index contributed by atoms with van der Waals surface area (Å²) in [6, 6.07) is 4.74. The standard InChI is InChI=1S/C18H24Cl2N4O2/c19-12-5-6-16(14(20)9-12)23-7-1-3-13(10-23)22-18(26)15(21)11-24-8-2-4-17(24)25/h5-6,9,13,15H,1-4,7-8,10-11,21H2,(H,22,26)/t13?,15-/m0/s1. The van der Waals surface area contributed by atoms with Crippen molar-refractivity contribution in [3.8, 4) is 0 Å². The topological polar surface area (TPSA) is 78.7 Å². The van der Waals surface area contributed by atoms with Crippen molar-refractivity contribution in [1.29, 1.82) is 0 Å². The Bertz CT molecular complexity index is 685. The number of benzene rings is 1. The zero-order valence-electron chi connectivity index (χ0n) is 14.6. The van der Waals surface area contributed by atoms with Crippen LogP contribution in [0.5, 0.6) is 0 Å². The summed E-state index contributed by atoms with van der Waals surface area (Å²) in [6.45, 7) is 2.51. The van der Waals surface area contributed by atoms with Crippen LogP contribution < -0.4 is 16.0 Å². The van der Waals surface area contributed by atoms with Crippen molar-refractivity contribution in [1.82, 2.24) is 10.2 Å². The van der Waals surface area contributed by atoms with Gasteiger partial charge < -0.3 is 20.9 Å². The number of hydrogen-bond donors (Lipinski definition) is 2. The molecule has 0 aromatic heterocycles. The van der Waals surface area contributed by atoms with Gasteiger partial charge in [0, 0.05) is 43.7 Å². The van der Waals surface area contributed by atoms with Gasteiger partial charge in [0.15, 0.2) is 0 Å². The molecule has 2 fully saturated rings. The van der Waals surface area contributed by atoms with Crippen LogP contribution in [0.15, 0.2) is 18.2 Å². The van der Waals surface area contributed by atoms with Crippen molar-refractivity contribution in [3.05, 3.63) is 28.2 Å². The lowest BCUT2D eigenvalue weighted by atomic mass is 10.0. The number of piperidine rings is 1. The van der Waals surface area contributed by atoms with Crippen molar-refractivity contribution in [2.75, 3.05) is 31.1 Å². The molecule has 1 unspecified atom stereocenters. The third-order valence-electron chi connectivity index (χ3n) is 4.94. The van der Waals surface area contributed by atoms with E-state index in [-0.39, 0.29) is 24.4 Å². The second-order valence-electron chi connectivity index (χ2n) is 6.94. The van der Waals surface area contributed by atoms with E-state index in [0.717, 1.165) is 31.5 Å². The first-order chi connectivity index (χ1) is 12.4. The van der Waals surface area contributed by atoms with Gasteiger partial charge in [0.05, 0.1) is 10.7 Å². The first-order valence-corrected chi connectivity index (χ1v) is 9.73. The largest absolute Gasteiger partial charge is 0.368 e. The van der Waals surface area contributed by atoms with Gasteiger partial charge in [-0.1, -0.05) is 23.2 Å². The van der Waals surface area contributed by atoms with Crippen molar-refractivity contribution in [2.45, 2.75) is 37.8 Å². The first kappa shape index (κ1) is 19.3. The van der Waals surface area contributed by atoms with Gasteiger partial charge in [0.25, 0.3) is 0 Å². The average Bonchev–Trinajstić information content (AvgIpc) is 3.00. The Morgan fingerprint density at radius 2 is 2.12 bits per heavy atom. The monoisotopic (exact) mass is 398 g/mol. The number of nitrogens with two attached hydrogens (primary N) is 1. The minimum atomic E-state index is -0.702. The minimum absolute atomic E-state index is 0.00308. The zero-order chi connectivity index (χ0) is 18.7. The SMILES string of the molecule is N[C@@H](CN1CCCC1=O)C(=O)NC1CCCN(c2ccc(Cl)cc2Cl)C1. The predicted octanol–water partition coefficient (Wildman–Crippen LogP) is 2.03. The van der Waals surface area contributed by atoms with Crippen molar-refractivity contribution >= 4 is 40.7 Å². The second-order valence-corrected chi connectivity index (χ2v) is 7.78. The van der Waals surface area contributed by atoms with E-state index in [1.807, 2.05) is 12.1 Å². The molecule has 2 atom stereocenters. The van der Waals surface area contributed by atoms with E-state index in [9.17, 15) is 9.59 Å². The predicted molar refractivity (Wildman–Crippen MR) is 104 cm³/mol. The molecule has 1 aromatic rings.